The maximum Gasteiger partial charge on any atom is 0.256 e. The molecule has 0 spiro atoms. The predicted octanol–water partition coefficient (Wildman–Crippen LogP) is 5.96. The Hall–Kier alpha value is -3.19. The standard InChI is InChI=1S/C29H26FN3OS/c30-23-9-11-24(12-10-23)35-33-16-14-32(15-17-33)19-21-6-4-20(5-7-21)18-22-8-13-27-28-25(22)2-1-3-26(28)29(34)31-27/h1-13H,14-19H2,(H,31,34). The zero-order chi connectivity index (χ0) is 23.8. The fourth-order valence-electron chi connectivity index (χ4n) is 4.97. The quantitative estimate of drug-likeness (QED) is 0.343. The number of carbonyl (C=O) groups is 1. The smallest absolute Gasteiger partial charge is 0.256 e. The molecule has 1 fully saturated rings. The molecule has 0 aliphatic carbocycles. The van der Waals surface area contributed by atoms with E-state index in [0.717, 1.165) is 66.1 Å². The van der Waals surface area contributed by atoms with Gasteiger partial charge in [0.05, 0.1) is 0 Å². The lowest BCUT2D eigenvalue weighted by Gasteiger charge is -2.33. The molecule has 0 atom stereocenters. The van der Waals surface area contributed by atoms with E-state index in [2.05, 4.69) is 50.9 Å². The number of hydrogen-bond donors (Lipinski definition) is 1. The van der Waals surface area contributed by atoms with Crippen molar-refractivity contribution in [3.05, 3.63) is 107 Å². The van der Waals surface area contributed by atoms with Gasteiger partial charge in [0, 0.05) is 54.3 Å². The van der Waals surface area contributed by atoms with Crippen LogP contribution >= 0.6 is 11.9 Å². The first-order valence-corrected chi connectivity index (χ1v) is 12.7. The molecule has 4 aromatic carbocycles. The predicted molar refractivity (Wildman–Crippen MR) is 140 cm³/mol. The Bertz CT molecular complexity index is 1380. The van der Waals surface area contributed by atoms with Crippen LogP contribution in [0.2, 0.25) is 0 Å². The average Bonchev–Trinajstić information content (AvgIpc) is 3.21. The van der Waals surface area contributed by atoms with E-state index in [1.54, 1.807) is 11.9 Å². The molecule has 35 heavy (non-hydrogen) atoms. The molecule has 0 aromatic heterocycles. The van der Waals surface area contributed by atoms with Crippen molar-refractivity contribution in [3.8, 4) is 0 Å². The van der Waals surface area contributed by atoms with Crippen LogP contribution in [0, 0.1) is 5.82 Å². The normalized spacial score (nSPS) is 16.1. The molecule has 1 N–H and O–H groups in total. The molecular formula is C29H26FN3OS. The number of amides is 1. The lowest BCUT2D eigenvalue weighted by molar-refractivity contribution is 0.103. The Morgan fingerprint density at radius 1 is 0.829 bits per heavy atom. The lowest BCUT2D eigenvalue weighted by Crippen LogP contribution is -2.42. The number of nitrogens with zero attached hydrogens (tertiary/aromatic N) is 2. The molecule has 2 aliphatic rings. The molecule has 6 heteroatoms. The number of anilines is 1. The first kappa shape index (κ1) is 22.3. The summed E-state index contributed by atoms with van der Waals surface area (Å²) in [6, 6.07) is 25.8. The number of halogens is 1. The number of rotatable bonds is 6. The van der Waals surface area contributed by atoms with Crippen LogP contribution < -0.4 is 5.32 Å². The number of carbonyl (C=O) groups excluding carboxylic acids is 1. The zero-order valence-corrected chi connectivity index (χ0v) is 20.2. The van der Waals surface area contributed by atoms with Gasteiger partial charge in [-0.05, 0) is 76.8 Å². The fraction of sp³-hybridized carbons (Fsp3) is 0.207. The average molecular weight is 484 g/mol. The highest BCUT2D eigenvalue weighted by Gasteiger charge is 2.22. The molecule has 4 nitrogen and oxygen atoms in total. The summed E-state index contributed by atoms with van der Waals surface area (Å²) in [5.41, 5.74) is 5.52. The van der Waals surface area contributed by atoms with E-state index < -0.39 is 0 Å². The Balaban J connectivity index is 1.07. The van der Waals surface area contributed by atoms with Crippen molar-refractivity contribution in [2.45, 2.75) is 17.9 Å². The van der Waals surface area contributed by atoms with Gasteiger partial charge >= 0.3 is 0 Å². The van der Waals surface area contributed by atoms with E-state index in [-0.39, 0.29) is 11.7 Å². The van der Waals surface area contributed by atoms with E-state index in [0.29, 0.717) is 0 Å². The summed E-state index contributed by atoms with van der Waals surface area (Å²) in [7, 11) is 0. The van der Waals surface area contributed by atoms with E-state index in [1.165, 1.54) is 28.8 Å². The first-order valence-electron chi connectivity index (χ1n) is 12.0. The third-order valence-electron chi connectivity index (χ3n) is 6.83. The number of piperazine rings is 1. The monoisotopic (exact) mass is 483 g/mol. The Morgan fingerprint density at radius 2 is 1.57 bits per heavy atom. The third-order valence-corrected chi connectivity index (χ3v) is 7.93. The number of hydrogen-bond acceptors (Lipinski definition) is 4. The summed E-state index contributed by atoms with van der Waals surface area (Å²) < 4.78 is 15.5. The molecule has 0 radical (unpaired) electrons. The van der Waals surface area contributed by atoms with Gasteiger partial charge in [-0.2, -0.15) is 0 Å². The van der Waals surface area contributed by atoms with Crippen LogP contribution in [0.3, 0.4) is 0 Å². The molecule has 0 saturated carbocycles. The molecule has 0 bridgehead atoms. The van der Waals surface area contributed by atoms with Crippen molar-refractivity contribution in [2.24, 2.45) is 0 Å². The minimum absolute atomic E-state index is 0.0121. The number of benzene rings is 4. The van der Waals surface area contributed by atoms with Gasteiger partial charge in [-0.3, -0.25) is 9.69 Å². The highest BCUT2D eigenvalue weighted by molar-refractivity contribution is 7.97. The second-order valence-electron chi connectivity index (χ2n) is 9.20. The summed E-state index contributed by atoms with van der Waals surface area (Å²) in [6.45, 7) is 4.96. The first-order chi connectivity index (χ1) is 17.1. The van der Waals surface area contributed by atoms with E-state index in [1.807, 2.05) is 30.3 Å². The van der Waals surface area contributed by atoms with Crippen LogP contribution in [0.1, 0.15) is 27.0 Å². The summed E-state index contributed by atoms with van der Waals surface area (Å²) in [5, 5.41) is 5.16. The largest absolute Gasteiger partial charge is 0.321 e. The summed E-state index contributed by atoms with van der Waals surface area (Å²) in [5.74, 6) is -0.203. The second-order valence-corrected chi connectivity index (χ2v) is 10.4. The summed E-state index contributed by atoms with van der Waals surface area (Å²) in [6.07, 6.45) is 0.841. The van der Waals surface area contributed by atoms with Gasteiger partial charge in [-0.15, -0.1) is 0 Å². The van der Waals surface area contributed by atoms with Crippen molar-refractivity contribution in [2.75, 3.05) is 31.5 Å². The van der Waals surface area contributed by atoms with Gasteiger partial charge in [0.2, 0.25) is 0 Å². The van der Waals surface area contributed by atoms with Gasteiger partial charge < -0.3 is 5.32 Å². The van der Waals surface area contributed by atoms with Crippen LogP contribution in [0.4, 0.5) is 10.1 Å². The van der Waals surface area contributed by atoms with Crippen LogP contribution in [-0.2, 0) is 13.0 Å². The molecule has 176 valence electrons. The maximum atomic E-state index is 13.1. The topological polar surface area (TPSA) is 35.6 Å². The van der Waals surface area contributed by atoms with Crippen LogP contribution in [-0.4, -0.2) is 41.3 Å². The van der Waals surface area contributed by atoms with Crippen molar-refractivity contribution in [3.63, 3.8) is 0 Å². The Labute approximate surface area is 208 Å². The van der Waals surface area contributed by atoms with Crippen molar-refractivity contribution in [1.82, 2.24) is 9.21 Å². The molecule has 0 unspecified atom stereocenters. The Morgan fingerprint density at radius 3 is 2.34 bits per heavy atom. The zero-order valence-electron chi connectivity index (χ0n) is 19.3. The molecule has 1 saturated heterocycles. The molecule has 6 rings (SSSR count). The van der Waals surface area contributed by atoms with E-state index >= 15 is 0 Å². The highest BCUT2D eigenvalue weighted by atomic mass is 32.2. The van der Waals surface area contributed by atoms with Crippen LogP contribution in [0.15, 0.2) is 83.8 Å². The van der Waals surface area contributed by atoms with E-state index in [9.17, 15) is 9.18 Å². The van der Waals surface area contributed by atoms with Gasteiger partial charge in [0.15, 0.2) is 0 Å². The van der Waals surface area contributed by atoms with Gasteiger partial charge in [-0.1, -0.05) is 42.5 Å². The highest BCUT2D eigenvalue weighted by Crippen LogP contribution is 2.35. The minimum atomic E-state index is -0.191. The molecular weight excluding hydrogens is 457 g/mol. The summed E-state index contributed by atoms with van der Waals surface area (Å²) in [4.78, 5) is 15.8. The fourth-order valence-corrected chi connectivity index (χ4v) is 5.87. The van der Waals surface area contributed by atoms with Crippen molar-refractivity contribution in [1.29, 1.82) is 0 Å². The van der Waals surface area contributed by atoms with E-state index in [4.69, 9.17) is 0 Å². The van der Waals surface area contributed by atoms with Gasteiger partial charge in [0.25, 0.3) is 5.91 Å². The minimum Gasteiger partial charge on any atom is -0.321 e. The maximum absolute atomic E-state index is 13.1. The second kappa shape index (κ2) is 9.46. The van der Waals surface area contributed by atoms with Crippen LogP contribution in [0.5, 0.6) is 0 Å². The van der Waals surface area contributed by atoms with Gasteiger partial charge in [0.1, 0.15) is 5.82 Å². The lowest BCUT2D eigenvalue weighted by atomic mass is 9.95. The van der Waals surface area contributed by atoms with Crippen molar-refractivity contribution >= 4 is 34.3 Å². The van der Waals surface area contributed by atoms with Crippen molar-refractivity contribution < 1.29 is 9.18 Å². The molecule has 2 aliphatic heterocycles. The summed E-state index contributed by atoms with van der Waals surface area (Å²) >= 11 is 1.71. The molecule has 2 heterocycles. The van der Waals surface area contributed by atoms with Gasteiger partial charge in [-0.25, -0.2) is 8.70 Å². The SMILES string of the molecule is O=C1Nc2ccc(Cc3ccc(CN4CCN(Sc5ccc(F)cc5)CC4)cc3)c3cccc1c23. The van der Waals surface area contributed by atoms with Crippen LogP contribution in [0.25, 0.3) is 10.8 Å². The third kappa shape index (κ3) is 4.69. The molecule has 4 aromatic rings. The Kier molecular flexibility index (Phi) is 6.02. The molecule has 1 amide bonds. The number of nitrogens with one attached hydrogen (secondary N) is 1.